The van der Waals surface area contributed by atoms with E-state index >= 15 is 0 Å². The van der Waals surface area contributed by atoms with Crippen molar-refractivity contribution in [1.29, 1.82) is 5.26 Å². The number of nitrogens with one attached hydrogen (secondary N) is 1. The maximum Gasteiger partial charge on any atom is 0.266 e. The van der Waals surface area contributed by atoms with Crippen molar-refractivity contribution in [3.8, 4) is 6.07 Å². The predicted octanol–water partition coefficient (Wildman–Crippen LogP) is 6.85. The van der Waals surface area contributed by atoms with Crippen LogP contribution in [0.15, 0.2) is 78.4 Å². The molecule has 0 radical (unpaired) electrons. The molecule has 32 heavy (non-hydrogen) atoms. The molecule has 0 saturated carbocycles. The smallest absolute Gasteiger partial charge is 0.266 e. The van der Waals surface area contributed by atoms with Crippen LogP contribution in [0.1, 0.15) is 16.8 Å². The van der Waals surface area contributed by atoms with Crippen LogP contribution in [0.2, 0.25) is 10.0 Å². The normalized spacial score (nSPS) is 11.4. The van der Waals surface area contributed by atoms with Gasteiger partial charge in [-0.2, -0.15) is 5.26 Å². The molecular formula is C26H19Cl2N3O. The zero-order chi connectivity index (χ0) is 22.7. The molecule has 3 aromatic carbocycles. The summed E-state index contributed by atoms with van der Waals surface area (Å²) in [7, 11) is 0. The molecule has 0 spiro atoms. The summed E-state index contributed by atoms with van der Waals surface area (Å²) in [4.78, 5) is 12.8. The average molecular weight is 460 g/mol. The number of anilines is 1. The van der Waals surface area contributed by atoms with Crippen LogP contribution in [0.25, 0.3) is 17.0 Å². The summed E-state index contributed by atoms with van der Waals surface area (Å²) in [6.45, 7) is 2.64. The number of fused-ring (bicyclic) bond motifs is 1. The van der Waals surface area contributed by atoms with Crippen molar-refractivity contribution in [1.82, 2.24) is 4.57 Å². The molecule has 1 heterocycles. The summed E-state index contributed by atoms with van der Waals surface area (Å²) in [5, 5.41) is 14.7. The molecule has 1 amide bonds. The van der Waals surface area contributed by atoms with Gasteiger partial charge in [-0.3, -0.25) is 4.79 Å². The van der Waals surface area contributed by atoms with Crippen LogP contribution in [0.3, 0.4) is 0 Å². The van der Waals surface area contributed by atoms with Crippen molar-refractivity contribution in [3.05, 3.63) is 105 Å². The van der Waals surface area contributed by atoms with Gasteiger partial charge in [0.2, 0.25) is 0 Å². The second-order valence-electron chi connectivity index (χ2n) is 7.36. The topological polar surface area (TPSA) is 57.8 Å². The van der Waals surface area contributed by atoms with E-state index in [1.807, 2.05) is 61.5 Å². The first kappa shape index (κ1) is 21.7. The highest BCUT2D eigenvalue weighted by atomic mass is 35.5. The van der Waals surface area contributed by atoms with Gasteiger partial charge in [0.25, 0.3) is 5.91 Å². The van der Waals surface area contributed by atoms with Crippen LogP contribution in [0.5, 0.6) is 0 Å². The maximum absolute atomic E-state index is 12.8. The van der Waals surface area contributed by atoms with Crippen LogP contribution in [0.4, 0.5) is 5.69 Å². The number of hydrogen-bond donors (Lipinski definition) is 1. The van der Waals surface area contributed by atoms with Gasteiger partial charge in [0.15, 0.2) is 0 Å². The molecule has 4 rings (SSSR count). The first-order chi connectivity index (χ1) is 15.5. The number of carbonyl (C=O) groups excluding carboxylic acids is 1. The van der Waals surface area contributed by atoms with E-state index in [0.29, 0.717) is 22.3 Å². The Labute approximate surface area is 196 Å². The first-order valence-electron chi connectivity index (χ1n) is 9.97. The molecule has 0 aliphatic rings. The van der Waals surface area contributed by atoms with Crippen LogP contribution >= 0.6 is 23.2 Å². The number of carbonyl (C=O) groups is 1. The largest absolute Gasteiger partial charge is 0.340 e. The maximum atomic E-state index is 12.8. The summed E-state index contributed by atoms with van der Waals surface area (Å²) < 4.78 is 2.18. The van der Waals surface area contributed by atoms with E-state index in [2.05, 4.69) is 9.88 Å². The molecule has 0 atom stereocenters. The van der Waals surface area contributed by atoms with Crippen molar-refractivity contribution in [3.63, 3.8) is 0 Å². The summed E-state index contributed by atoms with van der Waals surface area (Å²) in [5.74, 6) is -0.469. The quantitative estimate of drug-likeness (QED) is 0.262. The lowest BCUT2D eigenvalue weighted by atomic mass is 10.1. The molecule has 0 fully saturated rings. The van der Waals surface area contributed by atoms with E-state index in [1.165, 1.54) is 0 Å². The Morgan fingerprint density at radius 2 is 1.62 bits per heavy atom. The fourth-order valence-electron chi connectivity index (χ4n) is 3.64. The van der Waals surface area contributed by atoms with Crippen molar-refractivity contribution < 1.29 is 4.79 Å². The lowest BCUT2D eigenvalue weighted by molar-refractivity contribution is -0.112. The van der Waals surface area contributed by atoms with Crippen molar-refractivity contribution >= 4 is 51.8 Å². The summed E-state index contributed by atoms with van der Waals surface area (Å²) in [5.41, 5.74) is 4.54. The standard InChI is InChI=1S/C26H19Cl2N3O/c1-17-24(14-19(15-29)26(32)30-22-12-10-21(28)11-13-22)23-4-2-3-5-25(23)31(17)16-18-6-8-20(27)9-7-18/h2-14H,16H2,1H3,(H,30,32). The number of benzene rings is 3. The Bertz CT molecular complexity index is 1360. The fraction of sp³-hybridized carbons (Fsp3) is 0.0769. The van der Waals surface area contributed by atoms with Crippen molar-refractivity contribution in [2.45, 2.75) is 13.5 Å². The second kappa shape index (κ2) is 9.32. The molecule has 4 nitrogen and oxygen atoms in total. The summed E-state index contributed by atoms with van der Waals surface area (Å²) in [6.07, 6.45) is 1.65. The molecule has 0 aliphatic heterocycles. The minimum atomic E-state index is -0.469. The SMILES string of the molecule is Cc1c(C=C(C#N)C(=O)Nc2ccc(Cl)cc2)c2ccccc2n1Cc1ccc(Cl)cc1. The van der Waals surface area contributed by atoms with Crippen molar-refractivity contribution in [2.24, 2.45) is 0 Å². The van der Waals surface area contributed by atoms with Gasteiger partial charge in [0.1, 0.15) is 11.6 Å². The number of para-hydroxylation sites is 1. The monoisotopic (exact) mass is 459 g/mol. The Kier molecular flexibility index (Phi) is 6.32. The lowest BCUT2D eigenvalue weighted by Crippen LogP contribution is -2.13. The number of nitriles is 1. The average Bonchev–Trinajstić information content (AvgIpc) is 3.06. The number of halogens is 2. The molecular weight excluding hydrogens is 441 g/mol. The third-order valence-corrected chi connectivity index (χ3v) is 5.79. The molecule has 6 heteroatoms. The molecule has 1 N–H and O–H groups in total. The molecule has 0 unspecified atom stereocenters. The summed E-state index contributed by atoms with van der Waals surface area (Å²) >= 11 is 11.9. The first-order valence-corrected chi connectivity index (χ1v) is 10.7. The van der Waals surface area contributed by atoms with Gasteiger partial charge >= 0.3 is 0 Å². The highest BCUT2D eigenvalue weighted by Crippen LogP contribution is 2.29. The number of rotatable bonds is 5. The van der Waals surface area contributed by atoms with Crippen LogP contribution in [0, 0.1) is 18.3 Å². The van der Waals surface area contributed by atoms with Crippen LogP contribution in [-0.4, -0.2) is 10.5 Å². The summed E-state index contributed by atoms with van der Waals surface area (Å²) in [6, 6.07) is 24.5. The fourth-order valence-corrected chi connectivity index (χ4v) is 3.89. The molecule has 1 aromatic heterocycles. The van der Waals surface area contributed by atoms with Gasteiger partial charge in [0.05, 0.1) is 0 Å². The van der Waals surface area contributed by atoms with E-state index in [4.69, 9.17) is 23.2 Å². The number of aromatic nitrogens is 1. The molecule has 0 bridgehead atoms. The van der Waals surface area contributed by atoms with E-state index in [1.54, 1.807) is 30.3 Å². The van der Waals surface area contributed by atoms with Gasteiger partial charge in [-0.1, -0.05) is 53.5 Å². The third-order valence-electron chi connectivity index (χ3n) is 5.29. The Balaban J connectivity index is 1.72. The lowest BCUT2D eigenvalue weighted by Gasteiger charge is -2.09. The Morgan fingerprint density at radius 3 is 2.28 bits per heavy atom. The van der Waals surface area contributed by atoms with Crippen LogP contribution < -0.4 is 5.32 Å². The van der Waals surface area contributed by atoms with E-state index in [9.17, 15) is 10.1 Å². The highest BCUT2D eigenvalue weighted by molar-refractivity contribution is 6.30. The van der Waals surface area contributed by atoms with Gasteiger partial charge in [-0.25, -0.2) is 0 Å². The molecule has 4 aromatic rings. The van der Waals surface area contributed by atoms with Gasteiger partial charge in [0, 0.05) is 44.4 Å². The molecule has 158 valence electrons. The Morgan fingerprint density at radius 1 is 1.00 bits per heavy atom. The minimum absolute atomic E-state index is 0.0254. The van der Waals surface area contributed by atoms with Gasteiger partial charge < -0.3 is 9.88 Å². The zero-order valence-electron chi connectivity index (χ0n) is 17.3. The van der Waals surface area contributed by atoms with E-state index < -0.39 is 5.91 Å². The highest BCUT2D eigenvalue weighted by Gasteiger charge is 2.16. The van der Waals surface area contributed by atoms with E-state index in [-0.39, 0.29) is 5.57 Å². The second-order valence-corrected chi connectivity index (χ2v) is 8.23. The van der Waals surface area contributed by atoms with Crippen LogP contribution in [-0.2, 0) is 11.3 Å². The molecule has 0 aliphatic carbocycles. The Hall–Kier alpha value is -3.52. The third kappa shape index (κ3) is 4.55. The number of nitrogens with zero attached hydrogens (tertiary/aromatic N) is 2. The van der Waals surface area contributed by atoms with Gasteiger partial charge in [-0.15, -0.1) is 0 Å². The van der Waals surface area contributed by atoms with E-state index in [0.717, 1.165) is 27.7 Å². The molecule has 0 saturated heterocycles. The number of hydrogen-bond acceptors (Lipinski definition) is 2. The number of amides is 1. The predicted molar refractivity (Wildman–Crippen MR) is 131 cm³/mol. The minimum Gasteiger partial charge on any atom is -0.340 e. The van der Waals surface area contributed by atoms with Gasteiger partial charge in [-0.05, 0) is 61.0 Å². The van der Waals surface area contributed by atoms with Crippen molar-refractivity contribution in [2.75, 3.05) is 5.32 Å². The zero-order valence-corrected chi connectivity index (χ0v) is 18.8.